The quantitative estimate of drug-likeness (QED) is 0.105. The molecule has 1 saturated carbocycles. The standard InChI is InChI=1S/C21H20Cl6O8/c1-3-11(28)32-7-5-9-34-17(30)13-14(18(31)35-10-6-8-33-12(29)4-2)20(25)16(23)15(22)19(13,24)21(20,26)27/h3-4,13-14H,1-2,5-10H2. The number of ether oxygens (including phenoxy) is 4. The molecule has 0 aliphatic heterocycles. The summed E-state index contributed by atoms with van der Waals surface area (Å²) in [6.45, 7) is 6.00. The second-order valence-electron chi connectivity index (χ2n) is 7.37. The molecule has 4 atom stereocenters. The minimum atomic E-state index is -2.20. The number of carbonyl (C=O) groups excluding carboxylic acids is 4. The molecule has 2 aliphatic carbocycles. The Labute approximate surface area is 231 Å². The summed E-state index contributed by atoms with van der Waals surface area (Å²) < 4.78 is 17.8. The Balaban J connectivity index is 2.19. The topological polar surface area (TPSA) is 105 Å². The number of hydrogen-bond acceptors (Lipinski definition) is 8. The van der Waals surface area contributed by atoms with Gasteiger partial charge in [-0.1, -0.05) is 59.6 Å². The Kier molecular flexibility index (Phi) is 10.2. The molecule has 0 heterocycles. The normalized spacial score (nSPS) is 28.3. The summed E-state index contributed by atoms with van der Waals surface area (Å²) in [5.41, 5.74) is 0. The van der Waals surface area contributed by atoms with E-state index in [0.29, 0.717) is 0 Å². The smallest absolute Gasteiger partial charge is 0.330 e. The van der Waals surface area contributed by atoms with E-state index in [1.165, 1.54) is 0 Å². The van der Waals surface area contributed by atoms with E-state index in [0.717, 1.165) is 12.2 Å². The molecule has 194 valence electrons. The molecule has 0 spiro atoms. The van der Waals surface area contributed by atoms with Crippen LogP contribution >= 0.6 is 69.6 Å². The number of halogens is 6. The summed E-state index contributed by atoms with van der Waals surface area (Å²) in [6.07, 6.45) is 2.23. The molecular formula is C21H20Cl6O8. The first kappa shape index (κ1) is 30.1. The van der Waals surface area contributed by atoms with Gasteiger partial charge in [0.1, 0.15) is 9.75 Å². The van der Waals surface area contributed by atoms with E-state index in [1.807, 2.05) is 0 Å². The Hall–Kier alpha value is -1.16. The summed E-state index contributed by atoms with van der Waals surface area (Å²) in [5.74, 6) is -6.42. The highest BCUT2D eigenvalue weighted by Crippen LogP contribution is 2.76. The van der Waals surface area contributed by atoms with E-state index in [9.17, 15) is 19.2 Å². The van der Waals surface area contributed by atoms with Crippen molar-refractivity contribution in [1.82, 2.24) is 0 Å². The minimum absolute atomic E-state index is 0.0579. The maximum atomic E-state index is 13.1. The van der Waals surface area contributed by atoms with Gasteiger partial charge in [-0.15, -0.1) is 23.2 Å². The molecule has 2 bridgehead atoms. The molecule has 0 aromatic rings. The van der Waals surface area contributed by atoms with Crippen LogP contribution in [0.15, 0.2) is 35.4 Å². The van der Waals surface area contributed by atoms with Crippen LogP contribution in [0.5, 0.6) is 0 Å². The lowest BCUT2D eigenvalue weighted by Gasteiger charge is -2.33. The van der Waals surface area contributed by atoms with Crippen LogP contribution in [-0.4, -0.2) is 64.4 Å². The van der Waals surface area contributed by atoms with Gasteiger partial charge in [-0.05, 0) is 0 Å². The zero-order valence-corrected chi connectivity index (χ0v) is 22.5. The molecule has 0 aromatic heterocycles. The van der Waals surface area contributed by atoms with Gasteiger partial charge in [-0.25, -0.2) is 9.59 Å². The fraction of sp³-hybridized carbons (Fsp3) is 0.524. The second-order valence-corrected chi connectivity index (χ2v) is 10.6. The predicted molar refractivity (Wildman–Crippen MR) is 131 cm³/mol. The van der Waals surface area contributed by atoms with Crippen molar-refractivity contribution >= 4 is 93.5 Å². The van der Waals surface area contributed by atoms with Crippen LogP contribution in [0.2, 0.25) is 0 Å². The SMILES string of the molecule is C=CC(=O)OCCCOC(=O)C1C(C(=O)OCCCOC(=O)C=C)C2(Cl)C(Cl)=C(Cl)C1(Cl)C2(Cl)Cl. The summed E-state index contributed by atoms with van der Waals surface area (Å²) in [6, 6.07) is 0. The van der Waals surface area contributed by atoms with Crippen molar-refractivity contribution in [2.45, 2.75) is 26.9 Å². The molecular weight excluding hydrogens is 593 g/mol. The highest BCUT2D eigenvalue weighted by Gasteiger charge is 2.86. The first-order chi connectivity index (χ1) is 16.3. The highest BCUT2D eigenvalue weighted by molar-refractivity contribution is 6.66. The minimum Gasteiger partial charge on any atom is -0.465 e. The molecule has 35 heavy (non-hydrogen) atoms. The molecule has 4 unspecified atom stereocenters. The summed E-state index contributed by atoms with van der Waals surface area (Å²) >= 11 is 38.9. The van der Waals surface area contributed by atoms with E-state index >= 15 is 0 Å². The van der Waals surface area contributed by atoms with Gasteiger partial charge in [0.15, 0.2) is 4.33 Å². The first-order valence-corrected chi connectivity index (χ1v) is 12.3. The van der Waals surface area contributed by atoms with Gasteiger partial charge in [-0.2, -0.15) is 0 Å². The van der Waals surface area contributed by atoms with E-state index in [-0.39, 0.29) is 49.3 Å². The van der Waals surface area contributed by atoms with Gasteiger partial charge in [-0.3, -0.25) is 9.59 Å². The fourth-order valence-corrected chi connectivity index (χ4v) is 6.61. The van der Waals surface area contributed by atoms with Crippen molar-refractivity contribution in [3.63, 3.8) is 0 Å². The average Bonchev–Trinajstić information content (AvgIpc) is 3.03. The third kappa shape index (κ3) is 5.29. The second kappa shape index (κ2) is 11.9. The number of allylic oxidation sites excluding steroid dienone is 2. The van der Waals surface area contributed by atoms with Crippen LogP contribution in [0, 0.1) is 11.8 Å². The van der Waals surface area contributed by atoms with Crippen LogP contribution in [0.25, 0.3) is 0 Å². The van der Waals surface area contributed by atoms with E-state index in [2.05, 4.69) is 13.2 Å². The highest BCUT2D eigenvalue weighted by atomic mass is 35.5. The van der Waals surface area contributed by atoms with Crippen LogP contribution < -0.4 is 0 Å². The molecule has 2 aliphatic rings. The largest absolute Gasteiger partial charge is 0.465 e. The molecule has 0 aromatic carbocycles. The van der Waals surface area contributed by atoms with E-state index in [4.69, 9.17) is 88.6 Å². The predicted octanol–water partition coefficient (Wildman–Crippen LogP) is 4.39. The molecule has 0 N–H and O–H groups in total. The average molecular weight is 613 g/mol. The molecule has 8 nitrogen and oxygen atoms in total. The van der Waals surface area contributed by atoms with Gasteiger partial charge in [0.2, 0.25) is 0 Å². The van der Waals surface area contributed by atoms with Crippen LogP contribution in [0.1, 0.15) is 12.8 Å². The number of alkyl halides is 4. The zero-order valence-electron chi connectivity index (χ0n) is 18.0. The maximum Gasteiger partial charge on any atom is 0.330 e. The van der Waals surface area contributed by atoms with E-state index in [1.54, 1.807) is 0 Å². The van der Waals surface area contributed by atoms with Crippen molar-refractivity contribution in [3.8, 4) is 0 Å². The third-order valence-electron chi connectivity index (χ3n) is 5.33. The Morgan fingerprint density at radius 3 is 1.31 bits per heavy atom. The Morgan fingerprint density at radius 1 is 0.686 bits per heavy atom. The first-order valence-electron chi connectivity index (χ1n) is 10.1. The lowest BCUT2D eigenvalue weighted by Crippen LogP contribution is -2.46. The van der Waals surface area contributed by atoms with Crippen molar-refractivity contribution in [2.75, 3.05) is 26.4 Å². The third-order valence-corrected chi connectivity index (χ3v) is 9.59. The van der Waals surface area contributed by atoms with Crippen LogP contribution in [0.3, 0.4) is 0 Å². The molecule has 0 radical (unpaired) electrons. The summed E-state index contributed by atoms with van der Waals surface area (Å²) in [5, 5.41) is -0.605. The molecule has 0 amide bonds. The molecule has 0 saturated heterocycles. The molecule has 14 heteroatoms. The van der Waals surface area contributed by atoms with E-state index < -0.39 is 49.8 Å². The van der Waals surface area contributed by atoms with Gasteiger partial charge < -0.3 is 18.9 Å². The number of hydrogen-bond donors (Lipinski definition) is 0. The van der Waals surface area contributed by atoms with Gasteiger partial charge in [0.05, 0.1) is 48.3 Å². The Bertz CT molecular complexity index is 878. The molecule has 1 fully saturated rings. The number of fused-ring (bicyclic) bond motifs is 2. The number of esters is 4. The van der Waals surface area contributed by atoms with Gasteiger partial charge >= 0.3 is 23.9 Å². The van der Waals surface area contributed by atoms with Crippen molar-refractivity contribution < 1.29 is 38.1 Å². The maximum absolute atomic E-state index is 13.1. The number of rotatable bonds is 12. The summed E-state index contributed by atoms with van der Waals surface area (Å²) in [7, 11) is 0. The fourth-order valence-electron chi connectivity index (χ4n) is 3.69. The van der Waals surface area contributed by atoms with Crippen molar-refractivity contribution in [2.24, 2.45) is 11.8 Å². The lowest BCUT2D eigenvalue weighted by molar-refractivity contribution is -0.161. The molecule has 2 rings (SSSR count). The number of carbonyl (C=O) groups is 4. The Morgan fingerprint density at radius 2 is 1.00 bits per heavy atom. The monoisotopic (exact) mass is 610 g/mol. The van der Waals surface area contributed by atoms with Crippen LogP contribution in [-0.2, 0) is 38.1 Å². The van der Waals surface area contributed by atoms with Gasteiger partial charge in [0, 0.05) is 25.0 Å². The summed E-state index contributed by atoms with van der Waals surface area (Å²) in [4.78, 5) is 44.1. The van der Waals surface area contributed by atoms with Gasteiger partial charge in [0.25, 0.3) is 0 Å². The lowest BCUT2D eigenvalue weighted by atomic mass is 9.82. The van der Waals surface area contributed by atoms with Crippen molar-refractivity contribution in [1.29, 1.82) is 0 Å². The van der Waals surface area contributed by atoms with Crippen LogP contribution in [0.4, 0.5) is 0 Å². The zero-order chi connectivity index (χ0) is 26.6. The van der Waals surface area contributed by atoms with Crippen molar-refractivity contribution in [3.05, 3.63) is 35.4 Å².